The Labute approximate surface area is 135 Å². The fraction of sp³-hybridized carbons (Fsp3) is 0.250. The van der Waals surface area contributed by atoms with Gasteiger partial charge in [0.1, 0.15) is 5.75 Å². The second-order valence-corrected chi connectivity index (χ2v) is 5.98. The molecule has 0 aromatic heterocycles. The first kappa shape index (κ1) is 14.2. The standard InChI is InChI=1S/C20H18O3/c1-22-18-10-6-5-9-14(18)19-16-12-23-20(15(16)11-17(19)21)13-7-3-2-4-8-13/h2-10,15,20H,11-12H2,1H3/t15-,20+/m1/s1. The molecule has 0 radical (unpaired) electrons. The maximum atomic E-state index is 12.7. The molecule has 0 spiro atoms. The van der Waals surface area contributed by atoms with E-state index in [1.54, 1.807) is 7.11 Å². The molecule has 0 N–H and O–H groups in total. The summed E-state index contributed by atoms with van der Waals surface area (Å²) in [5.41, 5.74) is 3.94. The molecule has 1 aliphatic carbocycles. The first-order valence-corrected chi connectivity index (χ1v) is 7.85. The van der Waals surface area contributed by atoms with Crippen molar-refractivity contribution in [3.63, 3.8) is 0 Å². The number of Topliss-reactive ketones (excluding diaryl/α,β-unsaturated/α-hetero) is 1. The lowest BCUT2D eigenvalue weighted by Gasteiger charge is -2.15. The van der Waals surface area contributed by atoms with Crippen LogP contribution >= 0.6 is 0 Å². The number of allylic oxidation sites excluding steroid dienone is 1. The molecular formula is C20H18O3. The van der Waals surface area contributed by atoms with Gasteiger partial charge in [-0.05, 0) is 17.2 Å². The zero-order chi connectivity index (χ0) is 15.8. The number of rotatable bonds is 3. The van der Waals surface area contributed by atoms with Crippen LogP contribution in [0.1, 0.15) is 23.7 Å². The van der Waals surface area contributed by atoms with Crippen LogP contribution in [0.3, 0.4) is 0 Å². The Balaban J connectivity index is 1.77. The molecule has 0 bridgehead atoms. The highest BCUT2D eigenvalue weighted by Crippen LogP contribution is 2.49. The van der Waals surface area contributed by atoms with Gasteiger partial charge in [0.15, 0.2) is 5.78 Å². The van der Waals surface area contributed by atoms with E-state index in [0.29, 0.717) is 13.0 Å². The predicted molar refractivity (Wildman–Crippen MR) is 88.2 cm³/mol. The number of hydrogen-bond donors (Lipinski definition) is 0. The average molecular weight is 306 g/mol. The van der Waals surface area contributed by atoms with E-state index in [-0.39, 0.29) is 17.8 Å². The maximum Gasteiger partial charge on any atom is 0.164 e. The number of benzene rings is 2. The molecule has 0 saturated carbocycles. The summed E-state index contributed by atoms with van der Waals surface area (Å²) in [5, 5.41) is 0. The minimum absolute atomic E-state index is 0.0256. The Kier molecular flexibility index (Phi) is 3.50. The number of fused-ring (bicyclic) bond motifs is 1. The van der Waals surface area contributed by atoms with E-state index in [2.05, 4.69) is 12.1 Å². The van der Waals surface area contributed by atoms with E-state index in [4.69, 9.17) is 9.47 Å². The maximum absolute atomic E-state index is 12.7. The first-order chi connectivity index (χ1) is 11.3. The van der Waals surface area contributed by atoms with Gasteiger partial charge in [0.25, 0.3) is 0 Å². The third-order valence-electron chi connectivity index (χ3n) is 4.74. The fourth-order valence-electron chi connectivity index (χ4n) is 3.70. The summed E-state index contributed by atoms with van der Waals surface area (Å²) in [4.78, 5) is 12.7. The summed E-state index contributed by atoms with van der Waals surface area (Å²) < 4.78 is 11.5. The monoisotopic (exact) mass is 306 g/mol. The molecule has 0 amide bonds. The van der Waals surface area contributed by atoms with Crippen LogP contribution in [0, 0.1) is 5.92 Å². The van der Waals surface area contributed by atoms with Crippen LogP contribution in [0.5, 0.6) is 5.75 Å². The highest BCUT2D eigenvalue weighted by Gasteiger charge is 2.43. The van der Waals surface area contributed by atoms with Gasteiger partial charge in [-0.25, -0.2) is 0 Å². The lowest BCUT2D eigenvalue weighted by atomic mass is 9.92. The Morgan fingerprint density at radius 1 is 1.04 bits per heavy atom. The van der Waals surface area contributed by atoms with Crippen molar-refractivity contribution in [1.29, 1.82) is 0 Å². The molecule has 2 aromatic carbocycles. The van der Waals surface area contributed by atoms with Gasteiger partial charge in [-0.1, -0.05) is 48.5 Å². The van der Waals surface area contributed by atoms with Crippen molar-refractivity contribution in [2.75, 3.05) is 13.7 Å². The Hall–Kier alpha value is -2.39. The molecular weight excluding hydrogens is 288 g/mol. The quantitative estimate of drug-likeness (QED) is 0.865. The number of carbonyl (C=O) groups is 1. The molecule has 2 atom stereocenters. The van der Waals surface area contributed by atoms with Gasteiger partial charge in [-0.3, -0.25) is 4.79 Å². The third-order valence-corrected chi connectivity index (χ3v) is 4.74. The second-order valence-electron chi connectivity index (χ2n) is 5.98. The van der Waals surface area contributed by atoms with Gasteiger partial charge in [0.05, 0.1) is 19.8 Å². The van der Waals surface area contributed by atoms with Gasteiger partial charge in [0, 0.05) is 23.5 Å². The van der Waals surface area contributed by atoms with Gasteiger partial charge in [0.2, 0.25) is 0 Å². The van der Waals surface area contributed by atoms with Crippen LogP contribution in [0.2, 0.25) is 0 Å². The Morgan fingerprint density at radius 3 is 2.57 bits per heavy atom. The summed E-state index contributed by atoms with van der Waals surface area (Å²) in [6.07, 6.45) is 0.491. The van der Waals surface area contributed by atoms with Crippen molar-refractivity contribution < 1.29 is 14.3 Å². The summed E-state index contributed by atoms with van der Waals surface area (Å²) in [5.74, 6) is 1.08. The molecule has 1 heterocycles. The van der Waals surface area contributed by atoms with Crippen LogP contribution in [-0.4, -0.2) is 19.5 Å². The van der Waals surface area contributed by atoms with Crippen molar-refractivity contribution in [1.82, 2.24) is 0 Å². The molecule has 2 aromatic rings. The van der Waals surface area contributed by atoms with Gasteiger partial charge in [-0.2, -0.15) is 0 Å². The van der Waals surface area contributed by atoms with Crippen LogP contribution in [0.15, 0.2) is 60.2 Å². The molecule has 0 unspecified atom stereocenters. The largest absolute Gasteiger partial charge is 0.496 e. The molecule has 1 aliphatic heterocycles. The van der Waals surface area contributed by atoms with E-state index >= 15 is 0 Å². The topological polar surface area (TPSA) is 35.5 Å². The van der Waals surface area contributed by atoms with Crippen molar-refractivity contribution >= 4 is 11.4 Å². The van der Waals surface area contributed by atoms with Crippen molar-refractivity contribution in [3.8, 4) is 5.75 Å². The van der Waals surface area contributed by atoms with E-state index in [9.17, 15) is 4.79 Å². The summed E-state index contributed by atoms with van der Waals surface area (Å²) in [6.45, 7) is 0.517. The number of hydrogen-bond acceptors (Lipinski definition) is 3. The molecule has 23 heavy (non-hydrogen) atoms. The van der Waals surface area contributed by atoms with E-state index in [1.165, 1.54) is 0 Å². The van der Waals surface area contributed by atoms with E-state index < -0.39 is 0 Å². The van der Waals surface area contributed by atoms with E-state index in [0.717, 1.165) is 28.0 Å². The number of ether oxygens (including phenoxy) is 2. The van der Waals surface area contributed by atoms with Crippen LogP contribution in [0.4, 0.5) is 0 Å². The summed E-state index contributed by atoms with van der Waals surface area (Å²) in [6, 6.07) is 17.9. The van der Waals surface area contributed by atoms with Gasteiger partial charge >= 0.3 is 0 Å². The smallest absolute Gasteiger partial charge is 0.164 e. The SMILES string of the molecule is COc1ccccc1C1=C2CO[C@@H](c3ccccc3)[C@@H]2CC1=O. The number of carbonyl (C=O) groups excluding carboxylic acids is 1. The van der Waals surface area contributed by atoms with Crippen molar-refractivity contribution in [2.45, 2.75) is 12.5 Å². The van der Waals surface area contributed by atoms with Gasteiger partial charge in [-0.15, -0.1) is 0 Å². The highest BCUT2D eigenvalue weighted by molar-refractivity contribution is 6.25. The van der Waals surface area contributed by atoms with Crippen molar-refractivity contribution in [3.05, 3.63) is 71.3 Å². The molecule has 3 nitrogen and oxygen atoms in total. The predicted octanol–water partition coefficient (Wildman–Crippen LogP) is 3.81. The number of methoxy groups -OCH3 is 1. The third kappa shape index (κ3) is 2.28. The molecule has 4 rings (SSSR count). The summed E-state index contributed by atoms with van der Waals surface area (Å²) in [7, 11) is 1.64. The zero-order valence-corrected chi connectivity index (χ0v) is 13.0. The Morgan fingerprint density at radius 2 is 1.78 bits per heavy atom. The number of ketones is 1. The normalized spacial score (nSPS) is 23.3. The van der Waals surface area contributed by atoms with Crippen LogP contribution in [-0.2, 0) is 9.53 Å². The molecule has 116 valence electrons. The lowest BCUT2D eigenvalue weighted by molar-refractivity contribution is -0.114. The van der Waals surface area contributed by atoms with E-state index in [1.807, 2.05) is 42.5 Å². The minimum atomic E-state index is -0.0256. The molecule has 3 heteroatoms. The first-order valence-electron chi connectivity index (χ1n) is 7.85. The second kappa shape index (κ2) is 5.67. The lowest BCUT2D eigenvalue weighted by Crippen LogP contribution is -2.08. The molecule has 2 aliphatic rings. The Bertz CT molecular complexity index is 776. The van der Waals surface area contributed by atoms with Gasteiger partial charge < -0.3 is 9.47 Å². The molecule has 1 fully saturated rings. The summed E-state index contributed by atoms with van der Waals surface area (Å²) >= 11 is 0. The average Bonchev–Trinajstić information content (AvgIpc) is 3.13. The minimum Gasteiger partial charge on any atom is -0.496 e. The fourth-order valence-corrected chi connectivity index (χ4v) is 3.70. The molecule has 1 saturated heterocycles. The highest BCUT2D eigenvalue weighted by atomic mass is 16.5. The van der Waals surface area contributed by atoms with Crippen LogP contribution < -0.4 is 4.74 Å². The number of para-hydroxylation sites is 1. The zero-order valence-electron chi connectivity index (χ0n) is 13.0. The van der Waals surface area contributed by atoms with Crippen molar-refractivity contribution in [2.24, 2.45) is 5.92 Å². The van der Waals surface area contributed by atoms with Crippen LogP contribution in [0.25, 0.3) is 5.57 Å².